The van der Waals surface area contributed by atoms with Crippen molar-refractivity contribution in [1.29, 1.82) is 0 Å². The van der Waals surface area contributed by atoms with Crippen LogP contribution in [0.4, 0.5) is 5.13 Å². The molecule has 0 bridgehead atoms. The molecule has 23 heavy (non-hydrogen) atoms. The average Bonchev–Trinajstić information content (AvgIpc) is 3.06. The summed E-state index contributed by atoms with van der Waals surface area (Å²) in [5.74, 6) is 0.664. The van der Waals surface area contributed by atoms with E-state index in [-0.39, 0.29) is 5.92 Å². The zero-order valence-corrected chi connectivity index (χ0v) is 14.1. The zero-order chi connectivity index (χ0) is 15.6. The number of amides is 1. The van der Waals surface area contributed by atoms with Gasteiger partial charge in [0.2, 0.25) is 5.91 Å². The van der Waals surface area contributed by atoms with E-state index >= 15 is 0 Å². The third-order valence-corrected chi connectivity index (χ3v) is 6.01. The number of nitrogens with zero attached hydrogens (tertiary/aromatic N) is 4. The van der Waals surface area contributed by atoms with Crippen LogP contribution in [0.2, 0.25) is 0 Å². The van der Waals surface area contributed by atoms with E-state index in [4.69, 9.17) is 0 Å². The first-order valence-corrected chi connectivity index (χ1v) is 9.38. The minimum Gasteiger partial charge on any atom is -0.344 e. The first kappa shape index (κ1) is 14.9. The monoisotopic (exact) mass is 330 g/mol. The number of carbonyl (C=O) groups is 1. The second kappa shape index (κ2) is 6.43. The Bertz CT molecular complexity index is 654. The second-order valence-corrected chi connectivity index (χ2v) is 7.43. The van der Waals surface area contributed by atoms with Crippen LogP contribution in [0.3, 0.4) is 0 Å². The van der Waals surface area contributed by atoms with Gasteiger partial charge in [-0.2, -0.15) is 0 Å². The summed E-state index contributed by atoms with van der Waals surface area (Å²) < 4.78 is 0. The topological polar surface area (TPSA) is 49.3 Å². The maximum atomic E-state index is 12.6. The molecule has 2 aliphatic rings. The van der Waals surface area contributed by atoms with Crippen molar-refractivity contribution in [2.24, 2.45) is 5.92 Å². The lowest BCUT2D eigenvalue weighted by atomic mass is 9.88. The molecule has 0 spiro atoms. The van der Waals surface area contributed by atoms with Crippen LogP contribution < -0.4 is 4.90 Å². The van der Waals surface area contributed by atoms with Crippen molar-refractivity contribution in [3.63, 3.8) is 0 Å². The Hall–Kier alpha value is -1.69. The molecule has 122 valence electrons. The van der Waals surface area contributed by atoms with Gasteiger partial charge in [0.25, 0.3) is 0 Å². The molecule has 1 aliphatic heterocycles. The number of hydrogen-bond acceptors (Lipinski definition) is 5. The number of anilines is 1. The highest BCUT2D eigenvalue weighted by Crippen LogP contribution is 2.29. The molecule has 1 saturated carbocycles. The molecule has 3 heterocycles. The zero-order valence-electron chi connectivity index (χ0n) is 13.3. The first-order valence-electron chi connectivity index (χ1n) is 8.56. The molecule has 0 radical (unpaired) electrons. The third kappa shape index (κ3) is 3.04. The van der Waals surface area contributed by atoms with Crippen LogP contribution in [0.15, 0.2) is 18.3 Å². The Kier molecular flexibility index (Phi) is 4.16. The smallest absolute Gasteiger partial charge is 0.225 e. The van der Waals surface area contributed by atoms with Crippen molar-refractivity contribution in [2.75, 3.05) is 31.1 Å². The van der Waals surface area contributed by atoms with Crippen LogP contribution in [0, 0.1) is 5.92 Å². The number of hydrogen-bond donors (Lipinski definition) is 0. The minimum absolute atomic E-state index is 0.280. The van der Waals surface area contributed by atoms with E-state index in [0.29, 0.717) is 5.91 Å². The number of fused-ring (bicyclic) bond motifs is 1. The van der Waals surface area contributed by atoms with Gasteiger partial charge in [-0.05, 0) is 25.0 Å². The number of rotatable bonds is 2. The van der Waals surface area contributed by atoms with E-state index in [1.54, 1.807) is 11.3 Å². The SMILES string of the molecule is O=C(C1CCCCC1)N1CCN(c2nc3cccnc3s2)CC1. The van der Waals surface area contributed by atoms with Gasteiger partial charge in [-0.15, -0.1) is 0 Å². The minimum atomic E-state index is 0.280. The van der Waals surface area contributed by atoms with Crippen molar-refractivity contribution < 1.29 is 4.79 Å². The maximum absolute atomic E-state index is 12.6. The normalized spacial score (nSPS) is 20.2. The molecule has 0 N–H and O–H groups in total. The summed E-state index contributed by atoms with van der Waals surface area (Å²) >= 11 is 1.64. The summed E-state index contributed by atoms with van der Waals surface area (Å²) in [7, 11) is 0. The third-order valence-electron chi connectivity index (χ3n) is 4.97. The molecule has 1 saturated heterocycles. The molecular formula is C17H22N4OS. The molecule has 5 nitrogen and oxygen atoms in total. The number of carbonyl (C=O) groups excluding carboxylic acids is 1. The number of thiazole rings is 1. The highest BCUT2D eigenvalue weighted by molar-refractivity contribution is 7.21. The van der Waals surface area contributed by atoms with Crippen molar-refractivity contribution >= 4 is 32.7 Å². The summed E-state index contributed by atoms with van der Waals surface area (Å²) in [5, 5.41) is 1.03. The van der Waals surface area contributed by atoms with Crippen LogP contribution >= 0.6 is 11.3 Å². The number of pyridine rings is 1. The van der Waals surface area contributed by atoms with Gasteiger partial charge in [-0.25, -0.2) is 9.97 Å². The van der Waals surface area contributed by atoms with Gasteiger partial charge >= 0.3 is 0 Å². The quantitative estimate of drug-likeness (QED) is 0.849. The first-order chi connectivity index (χ1) is 11.3. The van der Waals surface area contributed by atoms with Gasteiger partial charge in [0.1, 0.15) is 10.3 Å². The molecule has 4 rings (SSSR count). The summed E-state index contributed by atoms with van der Waals surface area (Å²) in [6.45, 7) is 3.38. The lowest BCUT2D eigenvalue weighted by Gasteiger charge is -2.37. The Labute approximate surface area is 140 Å². The Morgan fingerprint density at radius 2 is 1.91 bits per heavy atom. The fourth-order valence-corrected chi connectivity index (χ4v) is 4.58. The van der Waals surface area contributed by atoms with E-state index < -0.39 is 0 Å². The molecule has 1 aliphatic carbocycles. The van der Waals surface area contributed by atoms with Gasteiger partial charge in [-0.1, -0.05) is 30.6 Å². The van der Waals surface area contributed by atoms with Gasteiger partial charge in [0.05, 0.1) is 0 Å². The number of piperazine rings is 1. The lowest BCUT2D eigenvalue weighted by Crippen LogP contribution is -2.50. The van der Waals surface area contributed by atoms with Crippen molar-refractivity contribution in [2.45, 2.75) is 32.1 Å². The molecule has 0 atom stereocenters. The van der Waals surface area contributed by atoms with E-state index in [9.17, 15) is 4.79 Å². The highest BCUT2D eigenvalue weighted by Gasteiger charge is 2.29. The number of aromatic nitrogens is 2. The summed E-state index contributed by atoms with van der Waals surface area (Å²) in [6, 6.07) is 3.93. The molecule has 2 aromatic rings. The van der Waals surface area contributed by atoms with Gasteiger partial charge in [0.15, 0.2) is 5.13 Å². The van der Waals surface area contributed by atoms with Crippen LogP contribution in [0.25, 0.3) is 10.3 Å². The largest absolute Gasteiger partial charge is 0.344 e. The van der Waals surface area contributed by atoms with Crippen molar-refractivity contribution in [3.05, 3.63) is 18.3 Å². The molecule has 2 fully saturated rings. The predicted octanol–water partition coefficient (Wildman–Crippen LogP) is 2.92. The van der Waals surface area contributed by atoms with E-state index in [0.717, 1.165) is 54.5 Å². The van der Waals surface area contributed by atoms with Gasteiger partial charge < -0.3 is 9.80 Å². The van der Waals surface area contributed by atoms with E-state index in [1.807, 2.05) is 18.3 Å². The highest BCUT2D eigenvalue weighted by atomic mass is 32.1. The molecule has 2 aromatic heterocycles. The van der Waals surface area contributed by atoms with Crippen molar-refractivity contribution in [3.8, 4) is 0 Å². The molecule has 1 amide bonds. The summed E-state index contributed by atoms with van der Waals surface area (Å²) in [6.07, 6.45) is 7.71. The molecule has 0 aromatic carbocycles. The van der Waals surface area contributed by atoms with Crippen LogP contribution in [-0.4, -0.2) is 47.0 Å². The summed E-state index contributed by atoms with van der Waals surface area (Å²) in [4.78, 5) is 27.0. The fraction of sp³-hybridized carbons (Fsp3) is 0.588. The molecule has 0 unspecified atom stereocenters. The lowest BCUT2D eigenvalue weighted by molar-refractivity contribution is -0.136. The fourth-order valence-electron chi connectivity index (χ4n) is 3.62. The Morgan fingerprint density at radius 1 is 1.13 bits per heavy atom. The van der Waals surface area contributed by atoms with Crippen LogP contribution in [0.5, 0.6) is 0 Å². The van der Waals surface area contributed by atoms with E-state index in [1.165, 1.54) is 19.3 Å². The second-order valence-electron chi connectivity index (χ2n) is 6.47. The molecular weight excluding hydrogens is 308 g/mol. The Balaban J connectivity index is 1.39. The standard InChI is InChI=1S/C17H22N4OS/c22-16(13-5-2-1-3-6-13)20-9-11-21(12-10-20)17-19-14-7-4-8-18-15(14)23-17/h4,7-8,13H,1-3,5-6,9-12H2. The average molecular weight is 330 g/mol. The maximum Gasteiger partial charge on any atom is 0.225 e. The summed E-state index contributed by atoms with van der Waals surface area (Å²) in [5.41, 5.74) is 0.966. The van der Waals surface area contributed by atoms with Gasteiger partial charge in [-0.3, -0.25) is 4.79 Å². The predicted molar refractivity (Wildman–Crippen MR) is 92.8 cm³/mol. The van der Waals surface area contributed by atoms with Crippen LogP contribution in [0.1, 0.15) is 32.1 Å². The van der Waals surface area contributed by atoms with E-state index in [2.05, 4.69) is 19.8 Å². The van der Waals surface area contributed by atoms with Crippen LogP contribution in [-0.2, 0) is 4.79 Å². The van der Waals surface area contributed by atoms with Gasteiger partial charge in [0, 0.05) is 38.3 Å². The Morgan fingerprint density at radius 3 is 2.65 bits per heavy atom. The van der Waals surface area contributed by atoms with Crippen molar-refractivity contribution in [1.82, 2.24) is 14.9 Å². The molecule has 6 heteroatoms.